The zero-order valence-electron chi connectivity index (χ0n) is 10.4. The topological polar surface area (TPSA) is 66.4 Å². The molecule has 2 aromatic carbocycles. The number of nitrogens with one attached hydrogen (secondary N) is 1. The fourth-order valence-electron chi connectivity index (χ4n) is 1.69. The number of benzene rings is 2. The molecule has 2 rings (SSSR count). The summed E-state index contributed by atoms with van der Waals surface area (Å²) < 4.78 is 27.6. The third-order valence-corrected chi connectivity index (χ3v) is 3.29. The molecule has 0 saturated heterocycles. The van der Waals surface area contributed by atoms with Crippen molar-refractivity contribution in [3.63, 3.8) is 0 Å². The highest BCUT2D eigenvalue weighted by Gasteiger charge is 2.19. The van der Waals surface area contributed by atoms with Gasteiger partial charge in [-0.3, -0.25) is 4.79 Å². The summed E-state index contributed by atoms with van der Waals surface area (Å²) in [6.07, 6.45) is 0. The van der Waals surface area contributed by atoms with Crippen LogP contribution in [0.4, 0.5) is 14.5 Å². The number of anilines is 1. The quantitative estimate of drug-likeness (QED) is 0.882. The van der Waals surface area contributed by atoms with E-state index in [2.05, 4.69) is 21.2 Å². The maximum absolute atomic E-state index is 13.8. The van der Waals surface area contributed by atoms with Crippen LogP contribution in [0.3, 0.4) is 0 Å². The van der Waals surface area contributed by atoms with Gasteiger partial charge in [0, 0.05) is 0 Å². The number of para-hydroxylation sites is 1. The molecule has 0 unspecified atom stereocenters. The SMILES string of the molecule is O=C(Nc1c(F)cccc1C(=O)O)c1cccc(Br)c1F. The zero-order valence-corrected chi connectivity index (χ0v) is 11.9. The molecule has 0 radical (unpaired) electrons. The third-order valence-electron chi connectivity index (χ3n) is 2.68. The van der Waals surface area contributed by atoms with Gasteiger partial charge < -0.3 is 10.4 Å². The first kappa shape index (κ1) is 15.1. The van der Waals surface area contributed by atoms with Gasteiger partial charge in [0.2, 0.25) is 0 Å². The van der Waals surface area contributed by atoms with Gasteiger partial charge in [0.05, 0.1) is 21.3 Å². The molecule has 0 bridgehead atoms. The van der Waals surface area contributed by atoms with Crippen LogP contribution in [-0.4, -0.2) is 17.0 Å². The van der Waals surface area contributed by atoms with Crippen LogP contribution >= 0.6 is 15.9 Å². The minimum absolute atomic E-state index is 0.0714. The summed E-state index contributed by atoms with van der Waals surface area (Å²) in [6.45, 7) is 0. The van der Waals surface area contributed by atoms with E-state index >= 15 is 0 Å². The lowest BCUT2D eigenvalue weighted by molar-refractivity contribution is 0.0697. The van der Waals surface area contributed by atoms with Crippen LogP contribution < -0.4 is 5.32 Å². The van der Waals surface area contributed by atoms with Crippen molar-refractivity contribution >= 4 is 33.5 Å². The summed E-state index contributed by atoms with van der Waals surface area (Å²) in [6, 6.07) is 7.38. The van der Waals surface area contributed by atoms with E-state index in [1.807, 2.05) is 0 Å². The monoisotopic (exact) mass is 355 g/mol. The van der Waals surface area contributed by atoms with Crippen LogP contribution in [0.2, 0.25) is 0 Å². The third kappa shape index (κ3) is 3.08. The van der Waals surface area contributed by atoms with Crippen LogP contribution in [0.15, 0.2) is 40.9 Å². The van der Waals surface area contributed by atoms with E-state index in [1.54, 1.807) is 0 Å². The Morgan fingerprint density at radius 1 is 1.05 bits per heavy atom. The largest absolute Gasteiger partial charge is 0.478 e. The molecular weight excluding hydrogens is 348 g/mol. The molecule has 108 valence electrons. The maximum atomic E-state index is 13.8. The zero-order chi connectivity index (χ0) is 15.6. The van der Waals surface area contributed by atoms with E-state index in [4.69, 9.17) is 5.11 Å². The Morgan fingerprint density at radius 2 is 1.67 bits per heavy atom. The minimum atomic E-state index is -1.40. The van der Waals surface area contributed by atoms with Crippen molar-refractivity contribution in [1.29, 1.82) is 0 Å². The number of carbonyl (C=O) groups is 2. The molecule has 0 fully saturated rings. The predicted octanol–water partition coefficient (Wildman–Crippen LogP) is 3.68. The van der Waals surface area contributed by atoms with Gasteiger partial charge in [-0.05, 0) is 40.2 Å². The summed E-state index contributed by atoms with van der Waals surface area (Å²) in [7, 11) is 0. The Balaban J connectivity index is 2.41. The fourth-order valence-corrected chi connectivity index (χ4v) is 2.06. The number of amides is 1. The summed E-state index contributed by atoms with van der Waals surface area (Å²) >= 11 is 2.93. The van der Waals surface area contributed by atoms with Crippen molar-refractivity contribution < 1.29 is 23.5 Å². The lowest BCUT2D eigenvalue weighted by Gasteiger charge is -2.10. The molecule has 0 aliphatic carbocycles. The van der Waals surface area contributed by atoms with Gasteiger partial charge in [0.15, 0.2) is 0 Å². The Morgan fingerprint density at radius 3 is 2.33 bits per heavy atom. The highest BCUT2D eigenvalue weighted by molar-refractivity contribution is 9.10. The van der Waals surface area contributed by atoms with Gasteiger partial charge in [-0.2, -0.15) is 0 Å². The van der Waals surface area contributed by atoms with Crippen LogP contribution in [0, 0.1) is 11.6 Å². The number of carboxylic acid groups (broad SMARTS) is 1. The summed E-state index contributed by atoms with van der Waals surface area (Å²) in [5, 5.41) is 11.1. The normalized spacial score (nSPS) is 10.2. The summed E-state index contributed by atoms with van der Waals surface area (Å²) in [5.74, 6) is -4.08. The average Bonchev–Trinajstić information content (AvgIpc) is 2.43. The van der Waals surface area contributed by atoms with Crippen molar-refractivity contribution in [2.75, 3.05) is 5.32 Å². The van der Waals surface area contributed by atoms with Crippen molar-refractivity contribution in [3.05, 3.63) is 63.6 Å². The average molecular weight is 356 g/mol. The van der Waals surface area contributed by atoms with Gasteiger partial charge in [-0.1, -0.05) is 12.1 Å². The highest BCUT2D eigenvalue weighted by atomic mass is 79.9. The number of halogens is 3. The van der Waals surface area contributed by atoms with E-state index in [0.29, 0.717) is 0 Å². The van der Waals surface area contributed by atoms with Crippen molar-refractivity contribution in [3.8, 4) is 0 Å². The van der Waals surface area contributed by atoms with E-state index in [9.17, 15) is 18.4 Å². The second-order valence-corrected chi connectivity index (χ2v) is 4.88. The van der Waals surface area contributed by atoms with Crippen molar-refractivity contribution in [1.82, 2.24) is 0 Å². The molecule has 0 aliphatic heterocycles. The van der Waals surface area contributed by atoms with Crippen LogP contribution in [0.5, 0.6) is 0 Å². The second kappa shape index (κ2) is 6.01. The van der Waals surface area contributed by atoms with Gasteiger partial charge in [-0.25, -0.2) is 13.6 Å². The van der Waals surface area contributed by atoms with Gasteiger partial charge in [0.1, 0.15) is 11.6 Å². The summed E-state index contributed by atoms with van der Waals surface area (Å²) in [5.41, 5.74) is -1.25. The van der Waals surface area contributed by atoms with Gasteiger partial charge in [-0.15, -0.1) is 0 Å². The summed E-state index contributed by atoms with van der Waals surface area (Å²) in [4.78, 5) is 23.0. The lowest BCUT2D eigenvalue weighted by Crippen LogP contribution is -2.17. The van der Waals surface area contributed by atoms with Gasteiger partial charge >= 0.3 is 5.97 Å². The molecular formula is C14H8BrF2NO3. The number of carbonyl (C=O) groups excluding carboxylic acids is 1. The number of aromatic carboxylic acids is 1. The molecule has 0 aliphatic rings. The number of carboxylic acids is 1. The Labute approximate surface area is 126 Å². The maximum Gasteiger partial charge on any atom is 0.337 e. The Kier molecular flexibility index (Phi) is 4.32. The second-order valence-electron chi connectivity index (χ2n) is 4.02. The molecule has 1 amide bonds. The standard InChI is InChI=1S/C14H8BrF2NO3/c15-9-5-1-3-7(11(9)17)13(19)18-12-8(14(20)21)4-2-6-10(12)16/h1-6H,(H,18,19)(H,20,21). The van der Waals surface area contributed by atoms with Crippen LogP contribution in [0.25, 0.3) is 0 Å². The van der Waals surface area contributed by atoms with Crippen molar-refractivity contribution in [2.45, 2.75) is 0 Å². The van der Waals surface area contributed by atoms with Crippen LogP contribution in [0.1, 0.15) is 20.7 Å². The first-order valence-corrected chi connectivity index (χ1v) is 6.48. The highest BCUT2D eigenvalue weighted by Crippen LogP contribution is 2.23. The first-order valence-electron chi connectivity index (χ1n) is 5.69. The number of hydrogen-bond acceptors (Lipinski definition) is 2. The molecule has 2 N–H and O–H groups in total. The van der Waals surface area contributed by atoms with E-state index in [-0.39, 0.29) is 10.0 Å². The van der Waals surface area contributed by atoms with E-state index < -0.39 is 34.8 Å². The molecule has 0 atom stereocenters. The van der Waals surface area contributed by atoms with Crippen LogP contribution in [-0.2, 0) is 0 Å². The number of rotatable bonds is 3. The smallest absolute Gasteiger partial charge is 0.337 e. The predicted molar refractivity (Wildman–Crippen MR) is 75.4 cm³/mol. The van der Waals surface area contributed by atoms with E-state index in [0.717, 1.165) is 12.1 Å². The molecule has 4 nitrogen and oxygen atoms in total. The molecule has 0 aromatic heterocycles. The Bertz CT molecular complexity index is 734. The lowest BCUT2D eigenvalue weighted by atomic mass is 10.1. The molecule has 0 saturated carbocycles. The van der Waals surface area contributed by atoms with Gasteiger partial charge in [0.25, 0.3) is 5.91 Å². The Hall–Kier alpha value is -2.28. The molecule has 7 heteroatoms. The molecule has 21 heavy (non-hydrogen) atoms. The number of hydrogen-bond donors (Lipinski definition) is 2. The molecule has 0 spiro atoms. The molecule has 0 heterocycles. The molecule has 2 aromatic rings. The fraction of sp³-hybridized carbons (Fsp3) is 0. The van der Waals surface area contributed by atoms with E-state index in [1.165, 1.54) is 24.3 Å². The first-order chi connectivity index (χ1) is 9.91. The minimum Gasteiger partial charge on any atom is -0.478 e. The van der Waals surface area contributed by atoms with Crippen molar-refractivity contribution in [2.24, 2.45) is 0 Å².